The van der Waals surface area contributed by atoms with Crippen molar-refractivity contribution in [2.75, 3.05) is 26.8 Å². The summed E-state index contributed by atoms with van der Waals surface area (Å²) in [5.74, 6) is 1.39. The normalized spacial score (nSPS) is 17.4. The number of para-hydroxylation sites is 1. The number of carboxylic acids is 1. The van der Waals surface area contributed by atoms with Crippen molar-refractivity contribution in [3.63, 3.8) is 0 Å². The average molecular weight is 557 g/mol. The first-order chi connectivity index (χ1) is 19.9. The van der Waals surface area contributed by atoms with E-state index in [2.05, 4.69) is 11.0 Å². The van der Waals surface area contributed by atoms with Crippen molar-refractivity contribution in [3.8, 4) is 23.3 Å². The van der Waals surface area contributed by atoms with E-state index in [4.69, 9.17) is 24.5 Å². The Morgan fingerprint density at radius 3 is 2.71 bits per heavy atom. The summed E-state index contributed by atoms with van der Waals surface area (Å²) in [4.78, 5) is 18.7. The summed E-state index contributed by atoms with van der Waals surface area (Å²) < 4.78 is 34.3. The molecule has 1 aromatic heterocycles. The molecule has 2 aliphatic rings. The summed E-state index contributed by atoms with van der Waals surface area (Å²) in [6, 6.07) is 15.3. The van der Waals surface area contributed by atoms with Crippen LogP contribution in [-0.2, 0) is 13.6 Å². The standard InChI is InChI=1S/C31H29FN4O5/c1-35-24-13-20(31(37)38)14-26(39-2)29(24)34-28(35)16-36-10-8-19(9-11-36)21-4-3-5-25-30(21)40-17-27(41-25)22-7-6-18(15-33)12-23(22)32/h3-7,12-14,19,27H,8-11,16-17H2,1-2H3,(H,37,38)/t27-/m1/s1. The maximum absolute atomic E-state index is 14.6. The van der Waals surface area contributed by atoms with Crippen molar-refractivity contribution in [1.29, 1.82) is 5.26 Å². The zero-order valence-electron chi connectivity index (χ0n) is 22.8. The largest absolute Gasteiger partial charge is 0.494 e. The highest BCUT2D eigenvalue weighted by Crippen LogP contribution is 2.44. The van der Waals surface area contributed by atoms with Crippen LogP contribution in [0, 0.1) is 17.1 Å². The highest BCUT2D eigenvalue weighted by molar-refractivity contribution is 5.95. The number of carbonyl (C=O) groups is 1. The second kappa shape index (κ2) is 10.7. The molecule has 1 N–H and O–H groups in total. The third-order valence-electron chi connectivity index (χ3n) is 8.04. The fourth-order valence-electron chi connectivity index (χ4n) is 5.79. The van der Waals surface area contributed by atoms with Gasteiger partial charge in [0.05, 0.1) is 36.4 Å². The minimum Gasteiger partial charge on any atom is -0.494 e. The van der Waals surface area contributed by atoms with Gasteiger partial charge in [0.25, 0.3) is 0 Å². The molecular formula is C31H29FN4O5. The number of methoxy groups -OCH3 is 1. The molecule has 0 radical (unpaired) electrons. The van der Waals surface area contributed by atoms with Crippen molar-refractivity contribution in [2.45, 2.75) is 31.4 Å². The summed E-state index contributed by atoms with van der Waals surface area (Å²) in [5, 5.41) is 18.5. The van der Waals surface area contributed by atoms with Crippen LogP contribution in [0.15, 0.2) is 48.5 Å². The summed E-state index contributed by atoms with van der Waals surface area (Å²) >= 11 is 0. The second-order valence-electron chi connectivity index (χ2n) is 10.4. The average Bonchev–Trinajstić information content (AvgIpc) is 3.31. The van der Waals surface area contributed by atoms with Crippen LogP contribution in [0.3, 0.4) is 0 Å². The maximum Gasteiger partial charge on any atom is 0.335 e. The molecule has 1 saturated heterocycles. The number of benzene rings is 3. The van der Waals surface area contributed by atoms with Crippen molar-refractivity contribution in [2.24, 2.45) is 7.05 Å². The van der Waals surface area contributed by atoms with E-state index in [0.717, 1.165) is 42.8 Å². The Morgan fingerprint density at radius 1 is 1.20 bits per heavy atom. The zero-order chi connectivity index (χ0) is 28.7. The van der Waals surface area contributed by atoms with Gasteiger partial charge < -0.3 is 23.9 Å². The van der Waals surface area contributed by atoms with Gasteiger partial charge in [0.2, 0.25) is 0 Å². The monoisotopic (exact) mass is 556 g/mol. The van der Waals surface area contributed by atoms with Crippen LogP contribution in [0.5, 0.6) is 17.2 Å². The molecule has 0 bridgehead atoms. The minimum atomic E-state index is -1.01. The molecule has 210 valence electrons. The Morgan fingerprint density at radius 2 is 2.00 bits per heavy atom. The van der Waals surface area contributed by atoms with Crippen LogP contribution in [-0.4, -0.2) is 52.3 Å². The van der Waals surface area contributed by atoms with Crippen molar-refractivity contribution in [3.05, 3.63) is 82.4 Å². The Bertz CT molecular complexity index is 1690. The number of hydrogen-bond acceptors (Lipinski definition) is 7. The van der Waals surface area contributed by atoms with E-state index in [1.54, 1.807) is 18.2 Å². The van der Waals surface area contributed by atoms with Crippen LogP contribution >= 0.6 is 0 Å². The fourth-order valence-corrected chi connectivity index (χ4v) is 5.79. The Balaban J connectivity index is 1.15. The number of aromatic nitrogens is 2. The third-order valence-corrected chi connectivity index (χ3v) is 8.04. The molecule has 0 unspecified atom stereocenters. The summed E-state index contributed by atoms with van der Waals surface area (Å²) in [5.41, 5.74) is 3.26. The molecule has 10 heteroatoms. The van der Waals surface area contributed by atoms with Crippen LogP contribution < -0.4 is 14.2 Å². The highest BCUT2D eigenvalue weighted by atomic mass is 19.1. The lowest BCUT2D eigenvalue weighted by Gasteiger charge is -2.34. The van der Waals surface area contributed by atoms with Crippen LogP contribution in [0.25, 0.3) is 11.0 Å². The van der Waals surface area contributed by atoms with E-state index >= 15 is 0 Å². The third kappa shape index (κ3) is 4.93. The molecular weight excluding hydrogens is 527 g/mol. The van der Waals surface area contributed by atoms with Gasteiger partial charge in [-0.2, -0.15) is 5.26 Å². The lowest BCUT2D eigenvalue weighted by molar-refractivity contribution is 0.0696. The first kappa shape index (κ1) is 26.6. The number of hydrogen-bond donors (Lipinski definition) is 1. The lowest BCUT2D eigenvalue weighted by atomic mass is 9.88. The summed E-state index contributed by atoms with van der Waals surface area (Å²) in [7, 11) is 3.41. The van der Waals surface area contributed by atoms with Gasteiger partial charge in [-0.3, -0.25) is 4.90 Å². The van der Waals surface area contributed by atoms with E-state index < -0.39 is 17.9 Å². The van der Waals surface area contributed by atoms with E-state index in [1.807, 2.05) is 29.8 Å². The molecule has 2 aliphatic heterocycles. The molecule has 0 aliphatic carbocycles. The lowest BCUT2D eigenvalue weighted by Crippen LogP contribution is -2.33. The van der Waals surface area contributed by atoms with E-state index in [9.17, 15) is 14.3 Å². The molecule has 6 rings (SSSR count). The minimum absolute atomic E-state index is 0.162. The first-order valence-electron chi connectivity index (χ1n) is 13.5. The van der Waals surface area contributed by atoms with E-state index in [1.165, 1.54) is 19.2 Å². The number of nitrogens with zero attached hydrogens (tertiary/aromatic N) is 4. The zero-order valence-corrected chi connectivity index (χ0v) is 22.8. The molecule has 1 atom stereocenters. The van der Waals surface area contributed by atoms with Crippen molar-refractivity contribution < 1.29 is 28.5 Å². The Labute approximate surface area is 236 Å². The van der Waals surface area contributed by atoms with Crippen molar-refractivity contribution >= 4 is 17.0 Å². The highest BCUT2D eigenvalue weighted by Gasteiger charge is 2.31. The van der Waals surface area contributed by atoms with E-state index in [0.29, 0.717) is 34.9 Å². The number of carboxylic acid groups (broad SMARTS) is 1. The first-order valence-corrected chi connectivity index (χ1v) is 13.5. The molecule has 3 heterocycles. The van der Waals surface area contributed by atoms with Gasteiger partial charge in [-0.05, 0) is 62.2 Å². The van der Waals surface area contributed by atoms with Gasteiger partial charge >= 0.3 is 5.97 Å². The number of imidazole rings is 1. The van der Waals surface area contributed by atoms with Gasteiger partial charge in [0.1, 0.15) is 29.5 Å². The molecule has 4 aromatic rings. The quantitative estimate of drug-likeness (QED) is 0.346. The van der Waals surface area contributed by atoms with Gasteiger partial charge in [-0.15, -0.1) is 0 Å². The molecule has 9 nitrogen and oxygen atoms in total. The Kier molecular flexibility index (Phi) is 6.97. The van der Waals surface area contributed by atoms with Crippen LogP contribution in [0.2, 0.25) is 0 Å². The number of piperidine rings is 1. The molecule has 0 saturated carbocycles. The number of rotatable bonds is 6. The molecule has 3 aromatic carbocycles. The number of ether oxygens (including phenoxy) is 3. The smallest absolute Gasteiger partial charge is 0.335 e. The number of aromatic carboxylic acids is 1. The molecule has 41 heavy (non-hydrogen) atoms. The van der Waals surface area contributed by atoms with Gasteiger partial charge in [0.15, 0.2) is 17.6 Å². The predicted molar refractivity (Wildman–Crippen MR) is 148 cm³/mol. The Hall–Kier alpha value is -4.62. The van der Waals surface area contributed by atoms with Crippen LogP contribution in [0.4, 0.5) is 4.39 Å². The van der Waals surface area contributed by atoms with Gasteiger partial charge in [0, 0.05) is 18.2 Å². The number of halogens is 1. The maximum atomic E-state index is 14.6. The number of aryl methyl sites for hydroxylation is 1. The van der Waals surface area contributed by atoms with Gasteiger partial charge in [-0.1, -0.05) is 18.2 Å². The summed E-state index contributed by atoms with van der Waals surface area (Å²) in [6.07, 6.45) is 1.25. The molecule has 0 amide bonds. The SMILES string of the molecule is COc1cc(C(=O)O)cc2c1nc(CN1CCC(c3cccc4c3OC[C@H](c3ccc(C#N)cc3F)O4)CC1)n2C. The predicted octanol–water partition coefficient (Wildman–Crippen LogP) is 5.18. The number of nitriles is 1. The summed E-state index contributed by atoms with van der Waals surface area (Å²) in [6.45, 7) is 2.53. The van der Waals surface area contributed by atoms with Crippen LogP contribution in [0.1, 0.15) is 57.7 Å². The molecule has 0 spiro atoms. The number of likely N-dealkylation sites (tertiary alicyclic amines) is 1. The fraction of sp³-hybridized carbons (Fsp3) is 0.323. The second-order valence-corrected chi connectivity index (χ2v) is 10.4. The topological polar surface area (TPSA) is 110 Å². The number of fused-ring (bicyclic) bond motifs is 2. The van der Waals surface area contributed by atoms with Crippen molar-refractivity contribution in [1.82, 2.24) is 14.5 Å². The molecule has 1 fully saturated rings. The van der Waals surface area contributed by atoms with Gasteiger partial charge in [-0.25, -0.2) is 14.2 Å². The van der Waals surface area contributed by atoms with E-state index in [-0.39, 0.29) is 23.7 Å².